The van der Waals surface area contributed by atoms with Crippen LogP contribution in [0.2, 0.25) is 0 Å². The second-order valence-corrected chi connectivity index (χ2v) is 4.87. The second-order valence-electron chi connectivity index (χ2n) is 4.87. The van der Waals surface area contributed by atoms with Gasteiger partial charge in [0.05, 0.1) is 6.42 Å². The lowest BCUT2D eigenvalue weighted by molar-refractivity contribution is -0.136. The lowest BCUT2D eigenvalue weighted by atomic mass is 9.85. The van der Waals surface area contributed by atoms with Crippen LogP contribution in [0.3, 0.4) is 0 Å². The van der Waals surface area contributed by atoms with E-state index >= 15 is 0 Å². The molecule has 2 aliphatic rings. The van der Waals surface area contributed by atoms with Crippen LogP contribution in [0.1, 0.15) is 45.4 Å². The van der Waals surface area contributed by atoms with Crippen LogP contribution in [0.15, 0.2) is 0 Å². The SMILES string of the molecule is CC(=O)CC(=O)N1CCC2CCCCC21. The van der Waals surface area contributed by atoms with E-state index in [1.54, 1.807) is 0 Å². The standard InChI is InChI=1S/C12H19NO2/c1-9(14)8-12(15)13-7-6-10-4-2-3-5-11(10)13/h10-11H,2-8H2,1H3. The van der Waals surface area contributed by atoms with E-state index in [9.17, 15) is 9.59 Å². The fourth-order valence-corrected chi connectivity index (χ4v) is 3.03. The number of nitrogens with zero attached hydrogens (tertiary/aromatic N) is 1. The van der Waals surface area contributed by atoms with E-state index in [2.05, 4.69) is 0 Å². The van der Waals surface area contributed by atoms with Crippen LogP contribution in [-0.4, -0.2) is 29.2 Å². The van der Waals surface area contributed by atoms with Gasteiger partial charge in [0, 0.05) is 12.6 Å². The molecule has 0 aromatic rings. The lowest BCUT2D eigenvalue weighted by Gasteiger charge is -2.31. The predicted molar refractivity (Wildman–Crippen MR) is 57.4 cm³/mol. The second kappa shape index (κ2) is 4.33. The highest BCUT2D eigenvalue weighted by Gasteiger charge is 2.37. The highest BCUT2D eigenvalue weighted by molar-refractivity contribution is 5.97. The molecule has 0 radical (unpaired) electrons. The topological polar surface area (TPSA) is 37.4 Å². The van der Waals surface area contributed by atoms with Crippen molar-refractivity contribution in [2.24, 2.45) is 5.92 Å². The minimum atomic E-state index is -0.0146. The summed E-state index contributed by atoms with van der Waals surface area (Å²) in [5.41, 5.74) is 0. The third kappa shape index (κ3) is 2.21. The van der Waals surface area contributed by atoms with E-state index in [1.807, 2.05) is 4.90 Å². The van der Waals surface area contributed by atoms with Crippen molar-refractivity contribution < 1.29 is 9.59 Å². The van der Waals surface area contributed by atoms with Crippen molar-refractivity contribution in [3.05, 3.63) is 0 Å². The molecule has 0 N–H and O–H groups in total. The number of amides is 1. The molecule has 1 amide bonds. The van der Waals surface area contributed by atoms with E-state index in [4.69, 9.17) is 0 Å². The number of likely N-dealkylation sites (tertiary alicyclic amines) is 1. The van der Waals surface area contributed by atoms with Gasteiger partial charge in [0.15, 0.2) is 0 Å². The summed E-state index contributed by atoms with van der Waals surface area (Å²) in [5.74, 6) is 0.755. The summed E-state index contributed by atoms with van der Waals surface area (Å²) >= 11 is 0. The molecule has 1 aliphatic carbocycles. The number of ketones is 1. The smallest absolute Gasteiger partial charge is 0.230 e. The van der Waals surface area contributed by atoms with Crippen molar-refractivity contribution in [2.75, 3.05) is 6.54 Å². The monoisotopic (exact) mass is 209 g/mol. The third-order valence-corrected chi connectivity index (χ3v) is 3.73. The number of carbonyl (C=O) groups is 2. The van der Waals surface area contributed by atoms with Gasteiger partial charge in [0.2, 0.25) is 5.91 Å². The number of rotatable bonds is 2. The van der Waals surface area contributed by atoms with E-state index < -0.39 is 0 Å². The van der Waals surface area contributed by atoms with Crippen molar-refractivity contribution in [3.8, 4) is 0 Å². The lowest BCUT2D eigenvalue weighted by Crippen LogP contribution is -2.39. The first-order valence-electron chi connectivity index (χ1n) is 5.97. The van der Waals surface area contributed by atoms with E-state index in [0.717, 1.165) is 25.3 Å². The van der Waals surface area contributed by atoms with Gasteiger partial charge >= 0.3 is 0 Å². The Bertz CT molecular complexity index is 275. The first kappa shape index (κ1) is 10.7. The Kier molecular flexibility index (Phi) is 3.08. The summed E-state index contributed by atoms with van der Waals surface area (Å²) in [6.45, 7) is 2.37. The van der Waals surface area contributed by atoms with Gasteiger partial charge < -0.3 is 4.90 Å². The molecule has 0 aromatic carbocycles. The first-order valence-corrected chi connectivity index (χ1v) is 5.97. The Hall–Kier alpha value is -0.860. The third-order valence-electron chi connectivity index (χ3n) is 3.73. The molecule has 1 heterocycles. The molecule has 2 rings (SSSR count). The summed E-state index contributed by atoms with van der Waals surface area (Å²) in [6, 6.07) is 0.450. The first-order chi connectivity index (χ1) is 7.18. The van der Waals surface area contributed by atoms with Crippen molar-refractivity contribution in [2.45, 2.75) is 51.5 Å². The fraction of sp³-hybridized carbons (Fsp3) is 0.833. The molecule has 3 nitrogen and oxygen atoms in total. The van der Waals surface area contributed by atoms with Gasteiger partial charge in [-0.3, -0.25) is 9.59 Å². The summed E-state index contributed by atoms with van der Waals surface area (Å²) in [5, 5.41) is 0. The molecule has 3 heteroatoms. The van der Waals surface area contributed by atoms with E-state index in [-0.39, 0.29) is 18.1 Å². The number of Topliss-reactive ketones (excluding diaryl/α,β-unsaturated/α-hetero) is 1. The van der Waals surface area contributed by atoms with Crippen LogP contribution in [0.5, 0.6) is 0 Å². The summed E-state index contributed by atoms with van der Waals surface area (Å²) < 4.78 is 0. The van der Waals surface area contributed by atoms with Crippen LogP contribution in [0, 0.1) is 5.92 Å². The maximum absolute atomic E-state index is 11.8. The van der Waals surface area contributed by atoms with Crippen LogP contribution in [-0.2, 0) is 9.59 Å². The average molecular weight is 209 g/mol. The Morgan fingerprint density at radius 1 is 1.20 bits per heavy atom. The quantitative estimate of drug-likeness (QED) is 0.650. The van der Waals surface area contributed by atoms with Gasteiger partial charge in [0.1, 0.15) is 5.78 Å². The van der Waals surface area contributed by atoms with Gasteiger partial charge in [-0.2, -0.15) is 0 Å². The normalized spacial score (nSPS) is 30.1. The summed E-state index contributed by atoms with van der Waals surface area (Å²) in [4.78, 5) is 24.7. The molecule has 0 aromatic heterocycles. The summed E-state index contributed by atoms with van der Waals surface area (Å²) in [7, 11) is 0. The minimum Gasteiger partial charge on any atom is -0.339 e. The van der Waals surface area contributed by atoms with E-state index in [1.165, 1.54) is 26.2 Å². The van der Waals surface area contributed by atoms with Gasteiger partial charge in [-0.05, 0) is 32.1 Å². The molecular formula is C12H19NO2. The number of hydrogen-bond acceptors (Lipinski definition) is 2. The average Bonchev–Trinajstić information content (AvgIpc) is 2.59. The zero-order chi connectivity index (χ0) is 10.8. The molecule has 1 saturated heterocycles. The van der Waals surface area contributed by atoms with Crippen molar-refractivity contribution in [1.82, 2.24) is 4.90 Å². The molecule has 15 heavy (non-hydrogen) atoms. The molecule has 2 atom stereocenters. The Morgan fingerprint density at radius 3 is 2.67 bits per heavy atom. The Balaban J connectivity index is 1.98. The zero-order valence-corrected chi connectivity index (χ0v) is 9.37. The van der Waals surface area contributed by atoms with Crippen molar-refractivity contribution in [3.63, 3.8) is 0 Å². The zero-order valence-electron chi connectivity index (χ0n) is 9.37. The maximum atomic E-state index is 11.8. The minimum absolute atomic E-state index is 0.0146. The number of fused-ring (bicyclic) bond motifs is 1. The van der Waals surface area contributed by atoms with Crippen LogP contribution in [0.4, 0.5) is 0 Å². The largest absolute Gasteiger partial charge is 0.339 e. The number of hydrogen-bond donors (Lipinski definition) is 0. The molecule has 2 fully saturated rings. The molecular weight excluding hydrogens is 190 g/mol. The number of carbonyl (C=O) groups excluding carboxylic acids is 2. The molecule has 2 unspecified atom stereocenters. The van der Waals surface area contributed by atoms with Crippen molar-refractivity contribution >= 4 is 11.7 Å². The molecule has 0 bridgehead atoms. The van der Waals surface area contributed by atoms with Gasteiger partial charge in [-0.1, -0.05) is 12.8 Å². The van der Waals surface area contributed by atoms with Crippen LogP contribution >= 0.6 is 0 Å². The Labute approximate surface area is 90.8 Å². The molecule has 1 saturated carbocycles. The predicted octanol–water partition coefficient (Wildman–Crippen LogP) is 1.76. The highest BCUT2D eigenvalue weighted by Crippen LogP contribution is 2.36. The van der Waals surface area contributed by atoms with Crippen LogP contribution in [0.25, 0.3) is 0 Å². The van der Waals surface area contributed by atoms with Gasteiger partial charge in [-0.15, -0.1) is 0 Å². The molecule has 1 aliphatic heterocycles. The van der Waals surface area contributed by atoms with Crippen LogP contribution < -0.4 is 0 Å². The van der Waals surface area contributed by atoms with Gasteiger partial charge in [-0.25, -0.2) is 0 Å². The fourth-order valence-electron chi connectivity index (χ4n) is 3.03. The van der Waals surface area contributed by atoms with Gasteiger partial charge in [0.25, 0.3) is 0 Å². The highest BCUT2D eigenvalue weighted by atomic mass is 16.2. The summed E-state index contributed by atoms with van der Waals surface area (Å²) in [6.07, 6.45) is 6.22. The molecule has 84 valence electrons. The Morgan fingerprint density at radius 2 is 1.93 bits per heavy atom. The molecule has 0 spiro atoms. The van der Waals surface area contributed by atoms with E-state index in [0.29, 0.717) is 6.04 Å². The van der Waals surface area contributed by atoms with Crippen molar-refractivity contribution in [1.29, 1.82) is 0 Å². The maximum Gasteiger partial charge on any atom is 0.230 e.